The van der Waals surface area contributed by atoms with Gasteiger partial charge >= 0.3 is 0 Å². The summed E-state index contributed by atoms with van der Waals surface area (Å²) in [5.41, 5.74) is 1.41. The number of anilines is 1. The number of hydrogen-bond donors (Lipinski definition) is 1. The third kappa shape index (κ3) is 3.42. The lowest BCUT2D eigenvalue weighted by Crippen LogP contribution is -2.32. The Labute approximate surface area is 129 Å². The molecule has 4 nitrogen and oxygen atoms in total. The Hall–Kier alpha value is -2.43. The molecule has 2 aromatic rings. The fourth-order valence-electron chi connectivity index (χ4n) is 2.70. The summed E-state index contributed by atoms with van der Waals surface area (Å²) in [5.74, 6) is -0.347. The Morgan fingerprint density at radius 3 is 2.95 bits per heavy atom. The second-order valence-corrected chi connectivity index (χ2v) is 5.48. The maximum Gasteiger partial charge on any atom is 0.227 e. The van der Waals surface area contributed by atoms with Gasteiger partial charge in [-0.05, 0) is 30.2 Å². The first kappa shape index (κ1) is 14.5. The number of pyridine rings is 1. The molecule has 1 atom stereocenters. The summed E-state index contributed by atoms with van der Waals surface area (Å²) in [7, 11) is 0. The number of amides is 1. The Morgan fingerprint density at radius 1 is 1.32 bits per heavy atom. The maximum absolute atomic E-state index is 13.6. The first-order chi connectivity index (χ1) is 10.7. The highest BCUT2D eigenvalue weighted by atomic mass is 19.1. The van der Waals surface area contributed by atoms with Gasteiger partial charge in [0.15, 0.2) is 0 Å². The van der Waals surface area contributed by atoms with Crippen LogP contribution in [0.2, 0.25) is 0 Å². The maximum atomic E-state index is 13.6. The minimum Gasteiger partial charge on any atom is -0.379 e. The van der Waals surface area contributed by atoms with E-state index in [-0.39, 0.29) is 24.2 Å². The van der Waals surface area contributed by atoms with Gasteiger partial charge in [-0.15, -0.1) is 0 Å². The first-order valence-electron chi connectivity index (χ1n) is 7.40. The molecule has 114 valence electrons. The van der Waals surface area contributed by atoms with Crippen molar-refractivity contribution in [1.82, 2.24) is 9.88 Å². The number of halogens is 1. The molecule has 5 heteroatoms. The highest BCUT2D eigenvalue weighted by molar-refractivity contribution is 5.79. The lowest BCUT2D eigenvalue weighted by Gasteiger charge is -2.18. The number of nitrogens with zero attached hydrogens (tertiary/aromatic N) is 2. The van der Waals surface area contributed by atoms with Gasteiger partial charge in [0.1, 0.15) is 5.82 Å². The van der Waals surface area contributed by atoms with Crippen LogP contribution in [-0.4, -0.2) is 34.9 Å². The zero-order valence-electron chi connectivity index (χ0n) is 12.2. The van der Waals surface area contributed by atoms with E-state index in [4.69, 9.17) is 0 Å². The van der Waals surface area contributed by atoms with E-state index in [2.05, 4.69) is 10.3 Å². The van der Waals surface area contributed by atoms with Crippen molar-refractivity contribution >= 4 is 11.6 Å². The van der Waals surface area contributed by atoms with Crippen molar-refractivity contribution in [3.8, 4) is 0 Å². The summed E-state index contributed by atoms with van der Waals surface area (Å²) in [4.78, 5) is 18.1. The minimum atomic E-state index is -0.319. The fourth-order valence-corrected chi connectivity index (χ4v) is 2.70. The Morgan fingerprint density at radius 2 is 2.18 bits per heavy atom. The molecule has 1 N–H and O–H groups in total. The molecule has 2 heterocycles. The number of likely N-dealkylation sites (tertiary alicyclic amines) is 1. The lowest BCUT2D eigenvalue weighted by molar-refractivity contribution is -0.129. The van der Waals surface area contributed by atoms with E-state index >= 15 is 0 Å². The van der Waals surface area contributed by atoms with E-state index in [1.165, 1.54) is 6.07 Å². The van der Waals surface area contributed by atoms with Gasteiger partial charge in [-0.3, -0.25) is 9.78 Å². The van der Waals surface area contributed by atoms with E-state index in [0.717, 1.165) is 12.1 Å². The molecule has 0 bridgehead atoms. The molecule has 1 fully saturated rings. The van der Waals surface area contributed by atoms with Crippen molar-refractivity contribution < 1.29 is 9.18 Å². The Balaban J connectivity index is 1.56. The zero-order chi connectivity index (χ0) is 15.4. The van der Waals surface area contributed by atoms with Gasteiger partial charge < -0.3 is 10.2 Å². The Bertz CT molecular complexity index is 647. The van der Waals surface area contributed by atoms with Crippen LogP contribution in [0.5, 0.6) is 0 Å². The average molecular weight is 299 g/mol. The summed E-state index contributed by atoms with van der Waals surface area (Å²) >= 11 is 0. The van der Waals surface area contributed by atoms with Gasteiger partial charge in [0.2, 0.25) is 5.91 Å². The first-order valence-corrected chi connectivity index (χ1v) is 7.40. The summed E-state index contributed by atoms with van der Waals surface area (Å²) in [5, 5.41) is 3.37. The second-order valence-electron chi connectivity index (χ2n) is 5.48. The number of carbonyl (C=O) groups excluding carboxylic acids is 1. The molecule has 1 amide bonds. The van der Waals surface area contributed by atoms with E-state index in [9.17, 15) is 9.18 Å². The predicted octanol–water partition coefficient (Wildman–Crippen LogP) is 2.48. The topological polar surface area (TPSA) is 45.2 Å². The molecule has 0 radical (unpaired) electrons. The molecular formula is C17H18FN3O. The van der Waals surface area contributed by atoms with Crippen LogP contribution < -0.4 is 5.32 Å². The van der Waals surface area contributed by atoms with Crippen LogP contribution in [0.3, 0.4) is 0 Å². The normalized spacial score (nSPS) is 17.5. The van der Waals surface area contributed by atoms with Crippen LogP contribution in [0.25, 0.3) is 0 Å². The third-order valence-electron chi connectivity index (χ3n) is 3.87. The van der Waals surface area contributed by atoms with Crippen LogP contribution in [0.4, 0.5) is 10.1 Å². The molecule has 0 saturated carbocycles. The molecule has 1 aliphatic rings. The van der Waals surface area contributed by atoms with Crippen molar-refractivity contribution in [2.24, 2.45) is 0 Å². The molecular weight excluding hydrogens is 281 g/mol. The number of aromatic nitrogens is 1. The summed E-state index contributed by atoms with van der Waals surface area (Å²) < 4.78 is 13.6. The Kier molecular flexibility index (Phi) is 4.32. The quantitative estimate of drug-likeness (QED) is 0.943. The van der Waals surface area contributed by atoms with Gasteiger partial charge in [-0.25, -0.2) is 4.39 Å². The van der Waals surface area contributed by atoms with Crippen LogP contribution >= 0.6 is 0 Å². The molecule has 1 saturated heterocycles. The molecule has 22 heavy (non-hydrogen) atoms. The van der Waals surface area contributed by atoms with Gasteiger partial charge in [0.25, 0.3) is 0 Å². The SMILES string of the molecule is O=C(Cc1ccccc1F)N1CC[C@@H](Nc2cccnc2)C1. The van der Waals surface area contributed by atoms with Gasteiger partial charge in [-0.1, -0.05) is 18.2 Å². The summed E-state index contributed by atoms with van der Waals surface area (Å²) in [6.07, 6.45) is 4.50. The highest BCUT2D eigenvalue weighted by Crippen LogP contribution is 2.17. The van der Waals surface area contributed by atoms with Crippen LogP contribution in [0.15, 0.2) is 48.8 Å². The zero-order valence-corrected chi connectivity index (χ0v) is 12.2. The third-order valence-corrected chi connectivity index (χ3v) is 3.87. The van der Waals surface area contributed by atoms with Gasteiger partial charge in [0, 0.05) is 31.5 Å². The van der Waals surface area contributed by atoms with Crippen molar-refractivity contribution in [2.45, 2.75) is 18.9 Å². The monoisotopic (exact) mass is 299 g/mol. The van der Waals surface area contributed by atoms with E-state index < -0.39 is 0 Å². The highest BCUT2D eigenvalue weighted by Gasteiger charge is 2.26. The standard InChI is InChI=1S/C17H18FN3O/c18-16-6-2-1-4-13(16)10-17(22)21-9-7-15(12-21)20-14-5-3-8-19-11-14/h1-6,8,11,15,20H,7,9-10,12H2/t15-/m1/s1. The van der Waals surface area contributed by atoms with Crippen molar-refractivity contribution in [1.29, 1.82) is 0 Å². The van der Waals surface area contributed by atoms with Gasteiger partial charge in [0.05, 0.1) is 12.1 Å². The molecule has 1 aliphatic heterocycles. The molecule has 3 rings (SSSR count). The largest absolute Gasteiger partial charge is 0.379 e. The number of hydrogen-bond acceptors (Lipinski definition) is 3. The number of nitrogens with one attached hydrogen (secondary N) is 1. The minimum absolute atomic E-state index is 0.0272. The number of benzene rings is 1. The molecule has 1 aromatic carbocycles. The molecule has 0 aliphatic carbocycles. The number of rotatable bonds is 4. The van der Waals surface area contributed by atoms with Crippen LogP contribution in [0.1, 0.15) is 12.0 Å². The van der Waals surface area contributed by atoms with Gasteiger partial charge in [-0.2, -0.15) is 0 Å². The molecule has 0 unspecified atom stereocenters. The average Bonchev–Trinajstić information content (AvgIpc) is 2.99. The van der Waals surface area contributed by atoms with E-state index in [1.54, 1.807) is 35.5 Å². The second kappa shape index (κ2) is 6.56. The molecule has 0 spiro atoms. The van der Waals surface area contributed by atoms with Crippen molar-refractivity contribution in [3.63, 3.8) is 0 Å². The number of carbonyl (C=O) groups is 1. The van der Waals surface area contributed by atoms with Crippen LogP contribution in [0, 0.1) is 5.82 Å². The summed E-state index contributed by atoms with van der Waals surface area (Å²) in [6, 6.07) is 10.5. The predicted molar refractivity (Wildman–Crippen MR) is 82.9 cm³/mol. The molecule has 1 aromatic heterocycles. The van der Waals surface area contributed by atoms with E-state index in [0.29, 0.717) is 18.7 Å². The van der Waals surface area contributed by atoms with Crippen LogP contribution in [-0.2, 0) is 11.2 Å². The summed E-state index contributed by atoms with van der Waals surface area (Å²) in [6.45, 7) is 1.34. The van der Waals surface area contributed by atoms with Crippen molar-refractivity contribution in [3.05, 3.63) is 60.2 Å². The van der Waals surface area contributed by atoms with E-state index in [1.807, 2.05) is 12.1 Å². The smallest absolute Gasteiger partial charge is 0.227 e. The lowest BCUT2D eigenvalue weighted by atomic mass is 10.1. The van der Waals surface area contributed by atoms with Crippen molar-refractivity contribution in [2.75, 3.05) is 18.4 Å². The fraction of sp³-hybridized carbons (Fsp3) is 0.294.